The molecular weight excluding hydrogens is 302 g/mol. The minimum absolute atomic E-state index is 0.0466. The Morgan fingerprint density at radius 1 is 1.38 bits per heavy atom. The van der Waals surface area contributed by atoms with E-state index in [1.54, 1.807) is 0 Å². The number of benzene rings is 1. The summed E-state index contributed by atoms with van der Waals surface area (Å²) in [6.45, 7) is 3.05. The van der Waals surface area contributed by atoms with Gasteiger partial charge in [0.2, 0.25) is 0 Å². The van der Waals surface area contributed by atoms with Crippen LogP contribution in [0.5, 0.6) is 0 Å². The third kappa shape index (κ3) is 3.50. The molecule has 24 heavy (non-hydrogen) atoms. The lowest BCUT2D eigenvalue weighted by molar-refractivity contribution is 0.0920. The third-order valence-corrected chi connectivity index (χ3v) is 4.41. The Kier molecular flexibility index (Phi) is 4.99. The van der Waals surface area contributed by atoms with Gasteiger partial charge >= 0.3 is 6.09 Å². The Hall–Kier alpha value is -2.56. The quantitative estimate of drug-likeness (QED) is 0.926. The molecule has 1 atom stereocenters. The highest BCUT2D eigenvalue weighted by Gasteiger charge is 2.31. The van der Waals surface area contributed by atoms with Crippen molar-refractivity contribution in [2.24, 2.45) is 0 Å². The van der Waals surface area contributed by atoms with Gasteiger partial charge in [0.05, 0.1) is 6.04 Å². The molecule has 1 aliphatic rings. The van der Waals surface area contributed by atoms with Gasteiger partial charge in [0.15, 0.2) is 0 Å². The number of amides is 1. The Balaban J connectivity index is 1.68. The van der Waals surface area contributed by atoms with E-state index in [-0.39, 0.29) is 12.1 Å². The van der Waals surface area contributed by atoms with Crippen LogP contribution in [0.4, 0.5) is 10.6 Å². The predicted octanol–water partition coefficient (Wildman–Crippen LogP) is 3.91. The molecular formula is C19H23N3O2. The predicted molar refractivity (Wildman–Crippen MR) is 93.8 cm³/mol. The van der Waals surface area contributed by atoms with Gasteiger partial charge in [-0.1, -0.05) is 30.3 Å². The summed E-state index contributed by atoms with van der Waals surface area (Å²) in [5.41, 5.74) is 3.15. The van der Waals surface area contributed by atoms with Gasteiger partial charge in [-0.3, -0.25) is 0 Å². The molecule has 1 amide bonds. The molecule has 0 spiro atoms. The fraction of sp³-hybridized carbons (Fsp3) is 0.368. The first-order chi connectivity index (χ1) is 11.7. The van der Waals surface area contributed by atoms with Crippen molar-refractivity contribution in [1.29, 1.82) is 0 Å². The number of nitrogens with one attached hydrogen (secondary N) is 1. The van der Waals surface area contributed by atoms with Crippen molar-refractivity contribution in [2.75, 3.05) is 18.9 Å². The lowest BCUT2D eigenvalue weighted by Gasteiger charge is -2.24. The van der Waals surface area contributed by atoms with Crippen LogP contribution in [-0.4, -0.2) is 29.6 Å². The topological polar surface area (TPSA) is 54.5 Å². The molecule has 1 aromatic heterocycles. The van der Waals surface area contributed by atoms with Crippen LogP contribution < -0.4 is 5.32 Å². The minimum Gasteiger partial charge on any atom is -0.445 e. The Bertz CT molecular complexity index is 703. The number of aromatic nitrogens is 1. The van der Waals surface area contributed by atoms with Gasteiger partial charge in [0.25, 0.3) is 0 Å². The van der Waals surface area contributed by atoms with Gasteiger partial charge in [-0.05, 0) is 42.5 Å². The highest BCUT2D eigenvalue weighted by atomic mass is 16.6. The molecule has 0 saturated carbocycles. The van der Waals surface area contributed by atoms with Gasteiger partial charge in [-0.25, -0.2) is 9.78 Å². The van der Waals surface area contributed by atoms with E-state index in [4.69, 9.17) is 4.74 Å². The van der Waals surface area contributed by atoms with Crippen molar-refractivity contribution in [3.63, 3.8) is 0 Å². The van der Waals surface area contributed by atoms with Crippen LogP contribution >= 0.6 is 0 Å². The Labute approximate surface area is 142 Å². The SMILES string of the molecule is CNc1ncc(C2CCCN2C(=O)OCc2ccccc2)cc1C. The normalized spacial score (nSPS) is 16.9. The molecule has 0 radical (unpaired) electrons. The van der Waals surface area contributed by atoms with E-state index >= 15 is 0 Å². The first kappa shape index (κ1) is 16.3. The molecule has 5 nitrogen and oxygen atoms in total. The number of anilines is 1. The van der Waals surface area contributed by atoms with Crippen LogP contribution in [0.25, 0.3) is 0 Å². The molecule has 0 bridgehead atoms. The summed E-state index contributed by atoms with van der Waals surface area (Å²) in [6, 6.07) is 11.9. The summed E-state index contributed by atoms with van der Waals surface area (Å²) in [4.78, 5) is 18.7. The number of likely N-dealkylation sites (tertiary alicyclic amines) is 1. The molecule has 1 aromatic carbocycles. The van der Waals surface area contributed by atoms with E-state index < -0.39 is 0 Å². The van der Waals surface area contributed by atoms with Crippen LogP contribution in [0.2, 0.25) is 0 Å². The van der Waals surface area contributed by atoms with E-state index in [1.165, 1.54) is 0 Å². The zero-order valence-corrected chi connectivity index (χ0v) is 14.2. The number of ether oxygens (including phenoxy) is 1. The Morgan fingerprint density at radius 2 is 2.17 bits per heavy atom. The number of carbonyl (C=O) groups excluding carboxylic acids is 1. The summed E-state index contributed by atoms with van der Waals surface area (Å²) in [5, 5.41) is 3.07. The molecule has 1 aliphatic heterocycles. The lowest BCUT2D eigenvalue weighted by Crippen LogP contribution is -2.31. The molecule has 126 valence electrons. The number of hydrogen-bond donors (Lipinski definition) is 1. The van der Waals surface area contributed by atoms with Crippen molar-refractivity contribution in [3.05, 3.63) is 59.3 Å². The molecule has 5 heteroatoms. The molecule has 2 aromatic rings. The summed E-state index contributed by atoms with van der Waals surface area (Å²) in [6.07, 6.45) is 3.53. The van der Waals surface area contributed by atoms with Crippen LogP contribution in [-0.2, 0) is 11.3 Å². The molecule has 1 saturated heterocycles. The first-order valence-electron chi connectivity index (χ1n) is 8.30. The van der Waals surface area contributed by atoms with Crippen LogP contribution in [0, 0.1) is 6.92 Å². The van der Waals surface area contributed by atoms with Crippen molar-refractivity contribution >= 4 is 11.9 Å². The van der Waals surface area contributed by atoms with Crippen LogP contribution in [0.15, 0.2) is 42.6 Å². The maximum Gasteiger partial charge on any atom is 0.410 e. The summed E-state index contributed by atoms with van der Waals surface area (Å²) in [7, 11) is 1.86. The molecule has 2 heterocycles. The van der Waals surface area contributed by atoms with E-state index in [9.17, 15) is 4.79 Å². The highest BCUT2D eigenvalue weighted by Crippen LogP contribution is 2.33. The second kappa shape index (κ2) is 7.34. The second-order valence-electron chi connectivity index (χ2n) is 6.08. The van der Waals surface area contributed by atoms with E-state index in [2.05, 4.69) is 16.4 Å². The Morgan fingerprint density at radius 3 is 2.88 bits per heavy atom. The van der Waals surface area contributed by atoms with E-state index in [1.807, 2.05) is 55.4 Å². The average Bonchev–Trinajstić information content (AvgIpc) is 3.10. The molecule has 1 N–H and O–H groups in total. The first-order valence-corrected chi connectivity index (χ1v) is 8.30. The molecule has 0 aliphatic carbocycles. The number of aryl methyl sites for hydroxylation is 1. The summed E-state index contributed by atoms with van der Waals surface area (Å²) >= 11 is 0. The molecule has 3 rings (SSSR count). The van der Waals surface area contributed by atoms with Crippen LogP contribution in [0.3, 0.4) is 0 Å². The maximum atomic E-state index is 12.5. The second-order valence-corrected chi connectivity index (χ2v) is 6.08. The fourth-order valence-electron chi connectivity index (χ4n) is 3.17. The third-order valence-electron chi connectivity index (χ3n) is 4.41. The standard InChI is InChI=1S/C19H23N3O2/c1-14-11-16(12-21-18(14)20-2)17-9-6-10-22(17)19(23)24-13-15-7-4-3-5-8-15/h3-5,7-8,11-12,17H,6,9-10,13H2,1-2H3,(H,20,21). The maximum absolute atomic E-state index is 12.5. The van der Waals surface area contributed by atoms with E-state index in [0.29, 0.717) is 6.61 Å². The summed E-state index contributed by atoms with van der Waals surface area (Å²) in [5.74, 6) is 0.870. The van der Waals surface area contributed by atoms with Gasteiger partial charge in [-0.15, -0.1) is 0 Å². The average molecular weight is 325 g/mol. The number of rotatable bonds is 4. The molecule has 1 fully saturated rings. The van der Waals surface area contributed by atoms with Crippen molar-refractivity contribution in [2.45, 2.75) is 32.4 Å². The number of nitrogens with zero attached hydrogens (tertiary/aromatic N) is 2. The van der Waals surface area contributed by atoms with Crippen molar-refractivity contribution in [1.82, 2.24) is 9.88 Å². The molecule has 1 unspecified atom stereocenters. The van der Waals surface area contributed by atoms with Crippen LogP contribution in [0.1, 0.15) is 35.6 Å². The highest BCUT2D eigenvalue weighted by molar-refractivity contribution is 5.69. The van der Waals surface area contributed by atoms with Gasteiger partial charge in [-0.2, -0.15) is 0 Å². The number of carbonyl (C=O) groups is 1. The van der Waals surface area contributed by atoms with E-state index in [0.717, 1.165) is 41.9 Å². The van der Waals surface area contributed by atoms with Gasteiger partial charge in [0, 0.05) is 19.8 Å². The number of hydrogen-bond acceptors (Lipinski definition) is 4. The zero-order valence-electron chi connectivity index (χ0n) is 14.2. The van der Waals surface area contributed by atoms with Gasteiger partial charge in [0.1, 0.15) is 12.4 Å². The summed E-state index contributed by atoms with van der Waals surface area (Å²) < 4.78 is 5.49. The monoisotopic (exact) mass is 325 g/mol. The van der Waals surface area contributed by atoms with Gasteiger partial charge < -0.3 is 15.0 Å². The lowest BCUT2D eigenvalue weighted by atomic mass is 10.1. The fourth-order valence-corrected chi connectivity index (χ4v) is 3.17. The minimum atomic E-state index is -0.253. The van der Waals surface area contributed by atoms with Crippen molar-refractivity contribution < 1.29 is 9.53 Å². The zero-order chi connectivity index (χ0) is 16.9. The largest absolute Gasteiger partial charge is 0.445 e. The number of pyridine rings is 1. The smallest absolute Gasteiger partial charge is 0.410 e. The van der Waals surface area contributed by atoms with Crippen molar-refractivity contribution in [3.8, 4) is 0 Å².